The molecule has 0 spiro atoms. The quantitative estimate of drug-likeness (QED) is 0.756. The van der Waals surface area contributed by atoms with E-state index in [-0.39, 0.29) is 0 Å². The molecular formula is C16H14BrN3. The summed E-state index contributed by atoms with van der Waals surface area (Å²) >= 11 is 3.55. The zero-order chi connectivity index (χ0) is 13.9. The van der Waals surface area contributed by atoms with Gasteiger partial charge in [0.1, 0.15) is 0 Å². The predicted molar refractivity (Wildman–Crippen MR) is 85.7 cm³/mol. The number of nitrogens with zero attached hydrogens (tertiary/aromatic N) is 2. The largest absolute Gasteiger partial charge is 0.325 e. The summed E-state index contributed by atoms with van der Waals surface area (Å²) in [6.07, 6.45) is 3.74. The van der Waals surface area contributed by atoms with Crippen LogP contribution in [0.3, 0.4) is 0 Å². The van der Waals surface area contributed by atoms with Crippen LogP contribution >= 0.6 is 15.9 Å². The average molecular weight is 328 g/mol. The Morgan fingerprint density at radius 3 is 2.65 bits per heavy atom. The van der Waals surface area contributed by atoms with Crippen molar-refractivity contribution in [3.8, 4) is 5.69 Å². The van der Waals surface area contributed by atoms with Gasteiger partial charge in [-0.05, 0) is 36.8 Å². The van der Waals surface area contributed by atoms with Crippen LogP contribution in [0.25, 0.3) is 5.69 Å². The molecule has 0 aliphatic heterocycles. The normalized spacial score (nSPS) is 10.5. The number of aromatic nitrogens is 2. The topological polar surface area (TPSA) is 29.9 Å². The van der Waals surface area contributed by atoms with Crippen molar-refractivity contribution in [3.05, 3.63) is 71.0 Å². The molecule has 3 rings (SSSR count). The Morgan fingerprint density at radius 1 is 1.10 bits per heavy atom. The predicted octanol–water partition coefficient (Wildman–Crippen LogP) is 4.69. The van der Waals surface area contributed by atoms with Crippen molar-refractivity contribution in [2.24, 2.45) is 0 Å². The van der Waals surface area contributed by atoms with Gasteiger partial charge < -0.3 is 5.32 Å². The Labute approximate surface area is 126 Å². The molecule has 0 unspecified atom stereocenters. The molecule has 0 atom stereocenters. The number of aryl methyl sites for hydroxylation is 1. The summed E-state index contributed by atoms with van der Waals surface area (Å²) in [6, 6.07) is 16.3. The van der Waals surface area contributed by atoms with Crippen LogP contribution in [0.5, 0.6) is 0 Å². The molecule has 0 fully saturated rings. The van der Waals surface area contributed by atoms with Crippen LogP contribution in [-0.2, 0) is 0 Å². The highest BCUT2D eigenvalue weighted by Crippen LogP contribution is 2.24. The van der Waals surface area contributed by atoms with Crippen LogP contribution < -0.4 is 5.32 Å². The number of imidazole rings is 1. The average Bonchev–Trinajstić information content (AvgIpc) is 2.92. The monoisotopic (exact) mass is 327 g/mol. The maximum Gasteiger partial charge on any atom is 0.212 e. The van der Waals surface area contributed by atoms with Gasteiger partial charge in [0.2, 0.25) is 5.95 Å². The van der Waals surface area contributed by atoms with Crippen LogP contribution in [-0.4, -0.2) is 9.55 Å². The van der Waals surface area contributed by atoms with Crippen molar-refractivity contribution >= 4 is 27.6 Å². The second-order valence-electron chi connectivity index (χ2n) is 4.55. The van der Waals surface area contributed by atoms with Gasteiger partial charge >= 0.3 is 0 Å². The molecule has 4 heteroatoms. The number of rotatable bonds is 3. The Kier molecular flexibility index (Phi) is 3.56. The summed E-state index contributed by atoms with van der Waals surface area (Å²) in [5.74, 6) is 0.798. The zero-order valence-corrected chi connectivity index (χ0v) is 12.6. The summed E-state index contributed by atoms with van der Waals surface area (Å²) in [6.45, 7) is 2.07. The van der Waals surface area contributed by atoms with Crippen molar-refractivity contribution in [1.29, 1.82) is 0 Å². The van der Waals surface area contributed by atoms with Gasteiger partial charge in [-0.15, -0.1) is 0 Å². The minimum Gasteiger partial charge on any atom is -0.325 e. The van der Waals surface area contributed by atoms with Crippen molar-refractivity contribution in [2.75, 3.05) is 5.32 Å². The molecule has 1 heterocycles. The highest BCUT2D eigenvalue weighted by molar-refractivity contribution is 9.10. The lowest BCUT2D eigenvalue weighted by Crippen LogP contribution is -2.01. The van der Waals surface area contributed by atoms with Crippen LogP contribution in [0.2, 0.25) is 0 Å². The van der Waals surface area contributed by atoms with Gasteiger partial charge in [0.05, 0.1) is 0 Å². The molecule has 0 bridgehead atoms. The Bertz CT molecular complexity index is 720. The van der Waals surface area contributed by atoms with Crippen LogP contribution in [0.15, 0.2) is 65.4 Å². The Balaban J connectivity index is 1.92. The SMILES string of the molecule is Cc1ccc(Nc2nccn2-c2ccccc2)cc1Br. The van der Waals surface area contributed by atoms with Gasteiger partial charge in [-0.25, -0.2) is 4.98 Å². The molecule has 100 valence electrons. The first-order valence-corrected chi connectivity index (χ1v) is 7.15. The number of anilines is 2. The Morgan fingerprint density at radius 2 is 1.90 bits per heavy atom. The fourth-order valence-corrected chi connectivity index (χ4v) is 2.37. The minimum atomic E-state index is 0.798. The lowest BCUT2D eigenvalue weighted by molar-refractivity contribution is 1.06. The van der Waals surface area contributed by atoms with Crippen LogP contribution in [0, 0.1) is 6.92 Å². The first kappa shape index (κ1) is 12.9. The molecule has 1 N–H and O–H groups in total. The zero-order valence-electron chi connectivity index (χ0n) is 11.0. The van der Waals surface area contributed by atoms with E-state index in [0.717, 1.165) is 21.8 Å². The van der Waals surface area contributed by atoms with E-state index in [1.54, 1.807) is 6.20 Å². The molecule has 3 aromatic rings. The fourth-order valence-electron chi connectivity index (χ4n) is 1.99. The molecule has 20 heavy (non-hydrogen) atoms. The van der Waals surface area contributed by atoms with Crippen molar-refractivity contribution in [2.45, 2.75) is 6.92 Å². The van der Waals surface area contributed by atoms with Crippen molar-refractivity contribution in [1.82, 2.24) is 9.55 Å². The highest BCUT2D eigenvalue weighted by Gasteiger charge is 2.05. The van der Waals surface area contributed by atoms with Crippen LogP contribution in [0.1, 0.15) is 5.56 Å². The first-order valence-electron chi connectivity index (χ1n) is 6.36. The maximum atomic E-state index is 4.38. The van der Waals surface area contributed by atoms with Crippen molar-refractivity contribution < 1.29 is 0 Å². The number of hydrogen-bond acceptors (Lipinski definition) is 2. The van der Waals surface area contributed by atoms with Gasteiger partial charge in [-0.2, -0.15) is 0 Å². The summed E-state index contributed by atoms with van der Waals surface area (Å²) in [5, 5.41) is 3.34. The standard InChI is InChI=1S/C16H14BrN3/c1-12-7-8-13(11-15(12)17)19-16-18-9-10-20(16)14-5-3-2-4-6-14/h2-11H,1H3,(H,18,19). The van der Waals surface area contributed by atoms with Gasteiger partial charge in [-0.3, -0.25) is 4.57 Å². The summed E-state index contributed by atoms with van der Waals surface area (Å²) < 4.78 is 3.11. The highest BCUT2D eigenvalue weighted by atomic mass is 79.9. The van der Waals surface area contributed by atoms with E-state index in [4.69, 9.17) is 0 Å². The second kappa shape index (κ2) is 5.51. The number of halogens is 1. The number of benzene rings is 2. The van der Waals surface area contributed by atoms with Gasteiger partial charge in [0.15, 0.2) is 0 Å². The van der Waals surface area contributed by atoms with E-state index in [9.17, 15) is 0 Å². The molecule has 0 aliphatic rings. The lowest BCUT2D eigenvalue weighted by atomic mass is 10.2. The third-order valence-corrected chi connectivity index (χ3v) is 3.96. The molecule has 0 saturated heterocycles. The van der Waals surface area contributed by atoms with E-state index >= 15 is 0 Å². The number of nitrogens with one attached hydrogen (secondary N) is 1. The minimum absolute atomic E-state index is 0.798. The summed E-state index contributed by atoms with van der Waals surface area (Å²) in [7, 11) is 0. The summed E-state index contributed by atoms with van der Waals surface area (Å²) in [4.78, 5) is 4.38. The maximum absolute atomic E-state index is 4.38. The van der Waals surface area contributed by atoms with E-state index in [1.165, 1.54) is 5.56 Å². The molecule has 0 aliphatic carbocycles. The fraction of sp³-hybridized carbons (Fsp3) is 0.0625. The van der Waals surface area contributed by atoms with E-state index in [2.05, 4.69) is 57.4 Å². The molecule has 1 aromatic heterocycles. The smallest absolute Gasteiger partial charge is 0.212 e. The van der Waals surface area contributed by atoms with E-state index in [1.807, 2.05) is 35.0 Å². The summed E-state index contributed by atoms with van der Waals surface area (Å²) in [5.41, 5.74) is 3.30. The lowest BCUT2D eigenvalue weighted by Gasteiger charge is -2.10. The number of hydrogen-bond donors (Lipinski definition) is 1. The second-order valence-corrected chi connectivity index (χ2v) is 5.40. The first-order chi connectivity index (χ1) is 9.74. The molecule has 0 radical (unpaired) electrons. The third-order valence-electron chi connectivity index (χ3n) is 3.10. The van der Waals surface area contributed by atoms with Gasteiger partial charge in [0.25, 0.3) is 0 Å². The molecule has 2 aromatic carbocycles. The van der Waals surface area contributed by atoms with Gasteiger partial charge in [0, 0.05) is 28.2 Å². The third kappa shape index (κ3) is 2.60. The molecule has 0 amide bonds. The van der Waals surface area contributed by atoms with Crippen molar-refractivity contribution in [3.63, 3.8) is 0 Å². The van der Waals surface area contributed by atoms with Crippen LogP contribution in [0.4, 0.5) is 11.6 Å². The van der Waals surface area contributed by atoms with E-state index in [0.29, 0.717) is 0 Å². The molecular weight excluding hydrogens is 314 g/mol. The molecule has 3 nitrogen and oxygen atoms in total. The Hall–Kier alpha value is -2.07. The number of para-hydroxylation sites is 1. The van der Waals surface area contributed by atoms with E-state index < -0.39 is 0 Å². The molecule has 0 saturated carbocycles. The van der Waals surface area contributed by atoms with Gasteiger partial charge in [-0.1, -0.05) is 40.2 Å².